The smallest absolute Gasteiger partial charge is 0.0413 e. The predicted molar refractivity (Wildman–Crippen MR) is 85.6 cm³/mol. The highest BCUT2D eigenvalue weighted by molar-refractivity contribution is 7.15. The van der Waals surface area contributed by atoms with Crippen molar-refractivity contribution < 1.29 is 0 Å². The van der Waals surface area contributed by atoms with E-state index in [9.17, 15) is 0 Å². The van der Waals surface area contributed by atoms with Crippen molar-refractivity contribution in [3.8, 4) is 10.4 Å². The molecule has 0 fully saturated rings. The van der Waals surface area contributed by atoms with Crippen LogP contribution >= 0.6 is 11.3 Å². The van der Waals surface area contributed by atoms with Gasteiger partial charge in [0.25, 0.3) is 0 Å². The first-order valence-corrected chi connectivity index (χ1v) is 7.76. The fourth-order valence-electron chi connectivity index (χ4n) is 2.07. The molecule has 0 radical (unpaired) electrons. The summed E-state index contributed by atoms with van der Waals surface area (Å²) < 4.78 is 0. The van der Waals surface area contributed by atoms with Crippen LogP contribution in [0.5, 0.6) is 0 Å². The molecule has 0 saturated carbocycles. The maximum atomic E-state index is 6.22. The lowest BCUT2D eigenvalue weighted by molar-refractivity contribution is 0.521. The molecule has 1 heterocycles. The van der Waals surface area contributed by atoms with Gasteiger partial charge in [-0.15, -0.1) is 11.3 Å². The average molecular weight is 273 g/mol. The molecule has 0 aliphatic heterocycles. The van der Waals surface area contributed by atoms with Crippen molar-refractivity contribution in [2.24, 2.45) is 11.7 Å². The summed E-state index contributed by atoms with van der Waals surface area (Å²) in [6.45, 7) is 8.80. The van der Waals surface area contributed by atoms with Crippen molar-refractivity contribution in [2.45, 2.75) is 39.7 Å². The Labute approximate surface area is 120 Å². The van der Waals surface area contributed by atoms with Crippen molar-refractivity contribution in [1.29, 1.82) is 0 Å². The quantitative estimate of drug-likeness (QED) is 0.814. The Morgan fingerprint density at radius 2 is 1.74 bits per heavy atom. The van der Waals surface area contributed by atoms with Crippen molar-refractivity contribution in [3.05, 3.63) is 46.8 Å². The minimum atomic E-state index is 0.145. The van der Waals surface area contributed by atoms with E-state index >= 15 is 0 Å². The van der Waals surface area contributed by atoms with Crippen LogP contribution in [0, 0.1) is 5.92 Å². The van der Waals surface area contributed by atoms with Crippen LogP contribution < -0.4 is 5.73 Å². The van der Waals surface area contributed by atoms with Gasteiger partial charge < -0.3 is 5.73 Å². The van der Waals surface area contributed by atoms with E-state index in [1.54, 1.807) is 0 Å². The van der Waals surface area contributed by atoms with Gasteiger partial charge in [-0.25, -0.2) is 0 Å². The van der Waals surface area contributed by atoms with Crippen LogP contribution in [0.4, 0.5) is 0 Å². The van der Waals surface area contributed by atoms with Crippen molar-refractivity contribution in [1.82, 2.24) is 0 Å². The van der Waals surface area contributed by atoms with Gasteiger partial charge in [-0.2, -0.15) is 0 Å². The van der Waals surface area contributed by atoms with Crippen LogP contribution in [0.15, 0.2) is 36.4 Å². The van der Waals surface area contributed by atoms with Crippen molar-refractivity contribution in [3.63, 3.8) is 0 Å². The molecule has 1 aromatic heterocycles. The van der Waals surface area contributed by atoms with Gasteiger partial charge in [0.2, 0.25) is 0 Å². The van der Waals surface area contributed by atoms with Gasteiger partial charge >= 0.3 is 0 Å². The van der Waals surface area contributed by atoms with E-state index in [4.69, 9.17) is 5.73 Å². The Morgan fingerprint density at radius 3 is 2.37 bits per heavy atom. The van der Waals surface area contributed by atoms with Gasteiger partial charge in [0.05, 0.1) is 0 Å². The number of hydrogen-bond donors (Lipinski definition) is 1. The van der Waals surface area contributed by atoms with Crippen LogP contribution in [0.3, 0.4) is 0 Å². The van der Waals surface area contributed by atoms with Crippen LogP contribution in [-0.2, 0) is 0 Å². The molecular formula is C17H23NS. The molecule has 0 spiro atoms. The molecule has 1 unspecified atom stereocenters. The number of rotatable bonds is 4. The first-order valence-electron chi connectivity index (χ1n) is 6.94. The zero-order valence-electron chi connectivity index (χ0n) is 12.2. The van der Waals surface area contributed by atoms with E-state index in [0.29, 0.717) is 11.8 Å². The zero-order valence-corrected chi connectivity index (χ0v) is 13.0. The van der Waals surface area contributed by atoms with Gasteiger partial charge in [0.1, 0.15) is 0 Å². The lowest BCUT2D eigenvalue weighted by Gasteiger charge is -2.13. The first-order chi connectivity index (χ1) is 8.99. The second-order valence-electron chi connectivity index (χ2n) is 5.75. The second kappa shape index (κ2) is 5.89. The molecule has 2 aromatic rings. The second-order valence-corrected chi connectivity index (χ2v) is 6.87. The molecule has 102 valence electrons. The topological polar surface area (TPSA) is 26.0 Å². The molecule has 1 atom stereocenters. The molecule has 19 heavy (non-hydrogen) atoms. The molecular weight excluding hydrogens is 250 g/mol. The summed E-state index contributed by atoms with van der Waals surface area (Å²) in [7, 11) is 0. The van der Waals surface area contributed by atoms with Gasteiger partial charge in [0, 0.05) is 15.8 Å². The van der Waals surface area contributed by atoms with Crippen molar-refractivity contribution >= 4 is 11.3 Å². The summed E-state index contributed by atoms with van der Waals surface area (Å²) in [4.78, 5) is 2.59. The Hall–Kier alpha value is -1.12. The highest BCUT2D eigenvalue weighted by Gasteiger charge is 2.13. The van der Waals surface area contributed by atoms with Crippen molar-refractivity contribution in [2.75, 3.05) is 0 Å². The number of hydrogen-bond acceptors (Lipinski definition) is 2. The van der Waals surface area contributed by atoms with Gasteiger partial charge in [0.15, 0.2) is 0 Å². The van der Waals surface area contributed by atoms with E-state index in [1.807, 2.05) is 11.3 Å². The summed E-state index contributed by atoms with van der Waals surface area (Å²) in [5, 5.41) is 0. The van der Waals surface area contributed by atoms with Crippen LogP contribution in [0.1, 0.15) is 50.1 Å². The van der Waals surface area contributed by atoms with E-state index < -0.39 is 0 Å². The third-order valence-corrected chi connectivity index (χ3v) is 4.75. The number of thiophene rings is 1. The molecule has 0 aliphatic rings. The average Bonchev–Trinajstić information content (AvgIpc) is 2.87. The largest absolute Gasteiger partial charge is 0.323 e. The molecule has 2 N–H and O–H groups in total. The van der Waals surface area contributed by atoms with E-state index in [2.05, 4.69) is 64.1 Å². The highest BCUT2D eigenvalue weighted by Crippen LogP contribution is 2.34. The Bertz CT molecular complexity index is 540. The predicted octanol–water partition coefficient (Wildman–Crippen LogP) is 5.19. The Balaban J connectivity index is 2.30. The van der Waals surface area contributed by atoms with Gasteiger partial charge in [-0.05, 0) is 35.1 Å². The van der Waals surface area contributed by atoms with Crippen LogP contribution in [0.25, 0.3) is 10.4 Å². The molecule has 2 rings (SSSR count). The van der Waals surface area contributed by atoms with E-state index in [-0.39, 0.29) is 6.04 Å². The minimum absolute atomic E-state index is 0.145. The summed E-state index contributed by atoms with van der Waals surface area (Å²) in [6, 6.07) is 13.3. The number of nitrogens with two attached hydrogens (primary N) is 1. The number of benzene rings is 1. The third kappa shape index (κ3) is 3.26. The normalized spacial score (nSPS) is 13.2. The van der Waals surface area contributed by atoms with Gasteiger partial charge in [-0.3, -0.25) is 0 Å². The lowest BCUT2D eigenvalue weighted by Crippen LogP contribution is -2.14. The fraction of sp³-hybridized carbons (Fsp3) is 0.412. The summed E-state index contributed by atoms with van der Waals surface area (Å²) in [5.41, 5.74) is 8.91. The SMILES string of the molecule is CC(C)c1cccc(-c2ccc(C(N)C(C)C)s2)c1. The summed E-state index contributed by atoms with van der Waals surface area (Å²) in [5.74, 6) is 1.05. The first kappa shape index (κ1) is 14.3. The minimum Gasteiger partial charge on any atom is -0.323 e. The van der Waals surface area contributed by atoms with Crippen LogP contribution in [0.2, 0.25) is 0 Å². The maximum Gasteiger partial charge on any atom is 0.0413 e. The molecule has 0 aliphatic carbocycles. The lowest BCUT2D eigenvalue weighted by atomic mass is 10.0. The molecule has 1 aromatic carbocycles. The third-order valence-electron chi connectivity index (χ3n) is 3.51. The Kier molecular flexibility index (Phi) is 4.43. The summed E-state index contributed by atoms with van der Waals surface area (Å²) in [6.07, 6.45) is 0. The Morgan fingerprint density at radius 1 is 1.00 bits per heavy atom. The fourth-order valence-corrected chi connectivity index (χ4v) is 3.25. The standard InChI is InChI=1S/C17H23NS/c1-11(2)13-6-5-7-14(10-13)15-8-9-16(19-15)17(18)12(3)4/h5-12,17H,18H2,1-4H3. The van der Waals surface area contributed by atoms with Gasteiger partial charge in [-0.1, -0.05) is 52.0 Å². The zero-order chi connectivity index (χ0) is 14.0. The maximum absolute atomic E-state index is 6.22. The molecule has 0 amide bonds. The molecule has 2 heteroatoms. The van der Waals surface area contributed by atoms with E-state index in [1.165, 1.54) is 20.9 Å². The summed E-state index contributed by atoms with van der Waals surface area (Å²) >= 11 is 1.82. The van der Waals surface area contributed by atoms with Crippen LogP contribution in [-0.4, -0.2) is 0 Å². The monoisotopic (exact) mass is 273 g/mol. The molecule has 1 nitrogen and oxygen atoms in total. The highest BCUT2D eigenvalue weighted by atomic mass is 32.1. The molecule has 0 bridgehead atoms. The van der Waals surface area contributed by atoms with E-state index in [0.717, 1.165) is 0 Å². The molecule has 0 saturated heterocycles.